The van der Waals surface area contributed by atoms with Crippen molar-refractivity contribution in [3.05, 3.63) is 35.9 Å². The van der Waals surface area contributed by atoms with Gasteiger partial charge in [-0.25, -0.2) is 0 Å². The molecule has 0 radical (unpaired) electrons. The van der Waals surface area contributed by atoms with Crippen LogP contribution in [0.5, 0.6) is 0 Å². The summed E-state index contributed by atoms with van der Waals surface area (Å²) in [5.41, 5.74) is 1.01. The van der Waals surface area contributed by atoms with Gasteiger partial charge < -0.3 is 10.1 Å². The number of hydrogen-bond acceptors (Lipinski definition) is 3. The van der Waals surface area contributed by atoms with Crippen LogP contribution in [0.15, 0.2) is 30.3 Å². The molecule has 3 unspecified atom stereocenters. The number of carbonyl (C=O) groups is 1. The molecule has 1 N–H and O–H groups in total. The minimum atomic E-state index is -0.200. The van der Waals surface area contributed by atoms with Gasteiger partial charge in [0.1, 0.15) is 0 Å². The first-order valence-corrected chi connectivity index (χ1v) is 6.08. The zero-order valence-electron chi connectivity index (χ0n) is 10.3. The lowest BCUT2D eigenvalue weighted by atomic mass is 9.99. The second-order valence-corrected chi connectivity index (χ2v) is 4.71. The Morgan fingerprint density at radius 3 is 2.65 bits per heavy atom. The minimum absolute atomic E-state index is 0.169. The third-order valence-corrected chi connectivity index (χ3v) is 3.38. The van der Waals surface area contributed by atoms with Gasteiger partial charge in [-0.3, -0.25) is 4.79 Å². The molecule has 0 saturated heterocycles. The predicted molar refractivity (Wildman–Crippen MR) is 66.8 cm³/mol. The largest absolute Gasteiger partial charge is 0.469 e. The Morgan fingerprint density at radius 2 is 2.12 bits per heavy atom. The highest BCUT2D eigenvalue weighted by Crippen LogP contribution is 2.29. The summed E-state index contributed by atoms with van der Waals surface area (Å²) in [7, 11) is 1.44. The summed E-state index contributed by atoms with van der Waals surface area (Å²) < 4.78 is 4.87. The number of rotatable bonds is 5. The average molecular weight is 233 g/mol. The molecular weight excluding hydrogens is 214 g/mol. The van der Waals surface area contributed by atoms with Crippen LogP contribution in [-0.2, 0) is 9.53 Å². The van der Waals surface area contributed by atoms with E-state index in [1.54, 1.807) is 0 Å². The number of hydrogen-bond donors (Lipinski definition) is 1. The van der Waals surface area contributed by atoms with Crippen LogP contribution in [0.4, 0.5) is 0 Å². The number of carbonyl (C=O) groups excluding carboxylic acids is 1. The number of benzene rings is 1. The second kappa shape index (κ2) is 5.32. The van der Waals surface area contributed by atoms with Crippen LogP contribution >= 0.6 is 0 Å². The molecule has 3 heteroatoms. The Hall–Kier alpha value is -1.35. The van der Waals surface area contributed by atoms with Crippen molar-refractivity contribution in [1.82, 2.24) is 5.32 Å². The molecule has 0 bridgehead atoms. The van der Waals surface area contributed by atoms with Crippen molar-refractivity contribution >= 4 is 5.97 Å². The topological polar surface area (TPSA) is 38.3 Å². The van der Waals surface area contributed by atoms with Crippen LogP contribution in [0.3, 0.4) is 0 Å². The van der Waals surface area contributed by atoms with Gasteiger partial charge in [0, 0.05) is 12.6 Å². The number of methoxy groups -OCH3 is 1. The van der Waals surface area contributed by atoms with Crippen LogP contribution in [0.25, 0.3) is 0 Å². The van der Waals surface area contributed by atoms with Crippen molar-refractivity contribution in [1.29, 1.82) is 0 Å². The van der Waals surface area contributed by atoms with Gasteiger partial charge in [-0.05, 0) is 17.9 Å². The Morgan fingerprint density at radius 1 is 1.47 bits per heavy atom. The van der Waals surface area contributed by atoms with E-state index in [1.165, 1.54) is 13.5 Å². The van der Waals surface area contributed by atoms with E-state index in [2.05, 4.69) is 12.2 Å². The Balaban J connectivity index is 2.00. The summed E-state index contributed by atoms with van der Waals surface area (Å²) >= 11 is 0. The van der Waals surface area contributed by atoms with E-state index in [0.717, 1.165) is 11.5 Å². The average Bonchev–Trinajstić information content (AvgIpc) is 3.06. The molecule has 0 aliphatic heterocycles. The van der Waals surface area contributed by atoms with Gasteiger partial charge in [0.25, 0.3) is 0 Å². The van der Waals surface area contributed by atoms with Crippen LogP contribution in [0.2, 0.25) is 0 Å². The lowest BCUT2D eigenvalue weighted by Crippen LogP contribution is -2.29. The summed E-state index contributed by atoms with van der Waals surface area (Å²) in [6.07, 6.45) is 1.21. The molecule has 1 aromatic rings. The zero-order valence-corrected chi connectivity index (χ0v) is 10.3. The summed E-state index contributed by atoms with van der Waals surface area (Å²) in [6.45, 7) is 2.87. The van der Waals surface area contributed by atoms with Gasteiger partial charge in [0.05, 0.1) is 13.0 Å². The molecule has 0 heterocycles. The standard InChI is InChI=1S/C14H19NO2/c1-10-8-13(10)15-9-12(14(16)17-2)11-6-4-3-5-7-11/h3-7,10,12-13,15H,8-9H2,1-2H3. The Bertz CT molecular complexity index is 377. The summed E-state index contributed by atoms with van der Waals surface area (Å²) in [4.78, 5) is 11.8. The summed E-state index contributed by atoms with van der Waals surface area (Å²) in [5, 5.41) is 3.42. The quantitative estimate of drug-likeness (QED) is 0.790. The van der Waals surface area contributed by atoms with Gasteiger partial charge >= 0.3 is 5.97 Å². The van der Waals surface area contributed by atoms with E-state index >= 15 is 0 Å². The fourth-order valence-corrected chi connectivity index (χ4v) is 2.04. The fourth-order valence-electron chi connectivity index (χ4n) is 2.04. The maximum absolute atomic E-state index is 11.8. The molecule has 3 nitrogen and oxygen atoms in total. The third kappa shape index (κ3) is 3.07. The van der Waals surface area contributed by atoms with Crippen molar-refractivity contribution in [2.24, 2.45) is 5.92 Å². The molecule has 3 atom stereocenters. The zero-order chi connectivity index (χ0) is 12.3. The molecule has 0 aromatic heterocycles. The molecule has 1 fully saturated rings. The first-order chi connectivity index (χ1) is 8.22. The van der Waals surface area contributed by atoms with Crippen molar-refractivity contribution in [2.75, 3.05) is 13.7 Å². The Labute approximate surface area is 102 Å². The number of esters is 1. The van der Waals surface area contributed by atoms with E-state index in [-0.39, 0.29) is 11.9 Å². The smallest absolute Gasteiger partial charge is 0.314 e. The minimum Gasteiger partial charge on any atom is -0.469 e. The maximum atomic E-state index is 11.8. The van der Waals surface area contributed by atoms with Crippen molar-refractivity contribution in [2.45, 2.75) is 25.3 Å². The van der Waals surface area contributed by atoms with Crippen molar-refractivity contribution in [3.8, 4) is 0 Å². The highest BCUT2D eigenvalue weighted by atomic mass is 16.5. The van der Waals surface area contributed by atoms with Gasteiger partial charge in [-0.1, -0.05) is 37.3 Å². The van der Waals surface area contributed by atoms with Crippen LogP contribution in [-0.4, -0.2) is 25.7 Å². The highest BCUT2D eigenvalue weighted by Gasteiger charge is 2.33. The molecule has 2 rings (SSSR count). The SMILES string of the molecule is COC(=O)C(CNC1CC1C)c1ccccc1. The Kier molecular flexibility index (Phi) is 3.79. The van der Waals surface area contributed by atoms with Crippen LogP contribution in [0, 0.1) is 5.92 Å². The van der Waals surface area contributed by atoms with Gasteiger partial charge in [-0.2, -0.15) is 0 Å². The number of ether oxygens (including phenoxy) is 1. The third-order valence-electron chi connectivity index (χ3n) is 3.38. The molecule has 0 amide bonds. The molecule has 17 heavy (non-hydrogen) atoms. The molecule has 1 saturated carbocycles. The maximum Gasteiger partial charge on any atom is 0.314 e. The first-order valence-electron chi connectivity index (χ1n) is 6.08. The molecular formula is C14H19NO2. The summed E-state index contributed by atoms with van der Waals surface area (Å²) in [6, 6.07) is 10.4. The number of nitrogens with one attached hydrogen (secondary N) is 1. The van der Waals surface area contributed by atoms with Crippen LogP contribution in [0.1, 0.15) is 24.8 Å². The van der Waals surface area contributed by atoms with E-state index < -0.39 is 0 Å². The summed E-state index contributed by atoms with van der Waals surface area (Å²) in [5.74, 6) is 0.370. The monoisotopic (exact) mass is 233 g/mol. The van der Waals surface area contributed by atoms with E-state index in [9.17, 15) is 4.79 Å². The lowest BCUT2D eigenvalue weighted by Gasteiger charge is -2.15. The normalized spacial score (nSPS) is 24.1. The van der Waals surface area contributed by atoms with Crippen molar-refractivity contribution < 1.29 is 9.53 Å². The van der Waals surface area contributed by atoms with Gasteiger partial charge in [0.2, 0.25) is 0 Å². The second-order valence-electron chi connectivity index (χ2n) is 4.71. The van der Waals surface area contributed by atoms with Gasteiger partial charge in [-0.15, -0.1) is 0 Å². The molecule has 1 aliphatic carbocycles. The fraction of sp³-hybridized carbons (Fsp3) is 0.500. The predicted octanol–water partition coefficient (Wildman–Crippen LogP) is 1.94. The lowest BCUT2D eigenvalue weighted by molar-refractivity contribution is -0.142. The highest BCUT2D eigenvalue weighted by molar-refractivity contribution is 5.78. The van der Waals surface area contributed by atoms with Gasteiger partial charge in [0.15, 0.2) is 0 Å². The molecule has 1 aliphatic rings. The van der Waals surface area contributed by atoms with E-state index in [0.29, 0.717) is 12.6 Å². The van der Waals surface area contributed by atoms with Crippen molar-refractivity contribution in [3.63, 3.8) is 0 Å². The molecule has 1 aromatic carbocycles. The molecule has 92 valence electrons. The van der Waals surface area contributed by atoms with Crippen LogP contribution < -0.4 is 5.32 Å². The van der Waals surface area contributed by atoms with E-state index in [4.69, 9.17) is 4.74 Å². The first kappa shape index (κ1) is 12.1. The molecule has 0 spiro atoms. The van der Waals surface area contributed by atoms with E-state index in [1.807, 2.05) is 30.3 Å².